The van der Waals surface area contributed by atoms with Crippen LogP contribution in [0.4, 0.5) is 10.2 Å². The molecule has 0 saturated carbocycles. The summed E-state index contributed by atoms with van der Waals surface area (Å²) in [7, 11) is 0. The Morgan fingerprint density at radius 3 is 3.12 bits per heavy atom. The molecule has 2 N–H and O–H groups in total. The van der Waals surface area contributed by atoms with E-state index in [4.69, 9.17) is 11.6 Å². The molecule has 0 radical (unpaired) electrons. The summed E-state index contributed by atoms with van der Waals surface area (Å²) in [5.41, 5.74) is 0. The maximum atomic E-state index is 13.6. The summed E-state index contributed by atoms with van der Waals surface area (Å²) in [6, 6.07) is 1.48. The SMILES string of the molecule is CC(Nc1ncc(Cl)cc1F)C1CCCNC1. The van der Waals surface area contributed by atoms with Crippen LogP contribution in [-0.4, -0.2) is 24.1 Å². The van der Waals surface area contributed by atoms with E-state index in [0.717, 1.165) is 19.5 Å². The second-order valence-electron chi connectivity index (χ2n) is 4.52. The number of pyridine rings is 1. The first-order chi connectivity index (χ1) is 8.16. The average Bonchev–Trinajstić information content (AvgIpc) is 2.34. The van der Waals surface area contributed by atoms with Crippen molar-refractivity contribution in [3.63, 3.8) is 0 Å². The van der Waals surface area contributed by atoms with Gasteiger partial charge in [-0.3, -0.25) is 0 Å². The topological polar surface area (TPSA) is 37.0 Å². The fraction of sp³-hybridized carbons (Fsp3) is 0.583. The number of hydrogen-bond donors (Lipinski definition) is 2. The molecule has 2 atom stereocenters. The predicted molar refractivity (Wildman–Crippen MR) is 67.9 cm³/mol. The minimum atomic E-state index is -0.395. The van der Waals surface area contributed by atoms with Gasteiger partial charge in [0.25, 0.3) is 0 Å². The van der Waals surface area contributed by atoms with Crippen LogP contribution in [0.2, 0.25) is 5.02 Å². The molecule has 0 spiro atoms. The van der Waals surface area contributed by atoms with Crippen molar-refractivity contribution in [3.8, 4) is 0 Å². The monoisotopic (exact) mass is 257 g/mol. The van der Waals surface area contributed by atoms with E-state index < -0.39 is 5.82 Å². The molecule has 2 unspecified atom stereocenters. The fourth-order valence-electron chi connectivity index (χ4n) is 2.16. The number of anilines is 1. The molecule has 1 aromatic rings. The smallest absolute Gasteiger partial charge is 0.166 e. The first-order valence-electron chi connectivity index (χ1n) is 5.95. The van der Waals surface area contributed by atoms with E-state index in [1.54, 1.807) is 0 Å². The first kappa shape index (κ1) is 12.6. The van der Waals surface area contributed by atoms with Crippen LogP contribution in [0.3, 0.4) is 0 Å². The van der Waals surface area contributed by atoms with E-state index >= 15 is 0 Å². The molecule has 17 heavy (non-hydrogen) atoms. The van der Waals surface area contributed by atoms with Crippen LogP contribution < -0.4 is 10.6 Å². The molecular formula is C12H17ClFN3. The Bertz CT molecular complexity index is 380. The van der Waals surface area contributed by atoms with Gasteiger partial charge in [0.15, 0.2) is 11.6 Å². The van der Waals surface area contributed by atoms with E-state index in [0.29, 0.717) is 10.9 Å². The van der Waals surface area contributed by atoms with Gasteiger partial charge in [0.1, 0.15) is 0 Å². The Balaban J connectivity index is 1.99. The molecule has 1 aliphatic heterocycles. The predicted octanol–water partition coefficient (Wildman–Crippen LogP) is 2.67. The summed E-state index contributed by atoms with van der Waals surface area (Å²) in [5.74, 6) is 0.404. The third-order valence-corrected chi connectivity index (χ3v) is 3.42. The van der Waals surface area contributed by atoms with Crippen molar-refractivity contribution in [2.75, 3.05) is 18.4 Å². The third-order valence-electron chi connectivity index (χ3n) is 3.21. The molecule has 1 aliphatic rings. The van der Waals surface area contributed by atoms with Gasteiger partial charge >= 0.3 is 0 Å². The summed E-state index contributed by atoms with van der Waals surface area (Å²) in [4.78, 5) is 3.97. The molecule has 0 amide bonds. The lowest BCUT2D eigenvalue weighted by Gasteiger charge is -2.29. The molecule has 2 heterocycles. The van der Waals surface area contributed by atoms with Crippen molar-refractivity contribution in [1.29, 1.82) is 0 Å². The normalized spacial score (nSPS) is 22.2. The van der Waals surface area contributed by atoms with E-state index in [1.165, 1.54) is 18.7 Å². The van der Waals surface area contributed by atoms with Gasteiger partial charge in [0.05, 0.1) is 5.02 Å². The molecule has 1 fully saturated rings. The number of nitrogens with zero attached hydrogens (tertiary/aromatic N) is 1. The Morgan fingerprint density at radius 1 is 1.65 bits per heavy atom. The summed E-state index contributed by atoms with van der Waals surface area (Å²) in [6.45, 7) is 4.12. The molecule has 1 saturated heterocycles. The summed E-state index contributed by atoms with van der Waals surface area (Å²) in [6.07, 6.45) is 3.79. The van der Waals surface area contributed by atoms with Crippen LogP contribution >= 0.6 is 11.6 Å². The molecule has 2 rings (SSSR count). The molecule has 5 heteroatoms. The van der Waals surface area contributed by atoms with Crippen LogP contribution in [0, 0.1) is 11.7 Å². The molecule has 0 bridgehead atoms. The van der Waals surface area contributed by atoms with Crippen LogP contribution in [0.15, 0.2) is 12.3 Å². The number of hydrogen-bond acceptors (Lipinski definition) is 3. The first-order valence-corrected chi connectivity index (χ1v) is 6.33. The molecule has 0 aliphatic carbocycles. The van der Waals surface area contributed by atoms with Crippen molar-refractivity contribution in [2.24, 2.45) is 5.92 Å². The Morgan fingerprint density at radius 2 is 2.47 bits per heavy atom. The molecule has 3 nitrogen and oxygen atoms in total. The highest BCUT2D eigenvalue weighted by atomic mass is 35.5. The lowest BCUT2D eigenvalue weighted by molar-refractivity contribution is 0.346. The number of aromatic nitrogens is 1. The third kappa shape index (κ3) is 3.30. The highest BCUT2D eigenvalue weighted by Gasteiger charge is 2.20. The number of rotatable bonds is 3. The Labute approximate surface area is 106 Å². The summed E-state index contributed by atoms with van der Waals surface area (Å²) in [5, 5.41) is 6.79. The number of halogens is 2. The van der Waals surface area contributed by atoms with Gasteiger partial charge < -0.3 is 10.6 Å². The minimum absolute atomic E-state index is 0.200. The zero-order chi connectivity index (χ0) is 12.3. The van der Waals surface area contributed by atoms with E-state index in [-0.39, 0.29) is 11.9 Å². The van der Waals surface area contributed by atoms with Gasteiger partial charge in [-0.05, 0) is 44.8 Å². The van der Waals surface area contributed by atoms with E-state index in [1.807, 2.05) is 0 Å². The highest BCUT2D eigenvalue weighted by molar-refractivity contribution is 6.30. The second kappa shape index (κ2) is 5.65. The number of nitrogens with one attached hydrogen (secondary N) is 2. The van der Waals surface area contributed by atoms with Gasteiger partial charge in [0, 0.05) is 12.2 Å². The van der Waals surface area contributed by atoms with Crippen molar-refractivity contribution in [1.82, 2.24) is 10.3 Å². The number of piperidine rings is 1. The van der Waals surface area contributed by atoms with Gasteiger partial charge in [-0.1, -0.05) is 11.6 Å². The standard InChI is InChI=1S/C12H17ClFN3/c1-8(9-3-2-4-15-6-9)17-12-11(14)5-10(13)7-16-12/h5,7-9,15H,2-4,6H2,1H3,(H,16,17). The average molecular weight is 258 g/mol. The fourth-order valence-corrected chi connectivity index (χ4v) is 2.30. The van der Waals surface area contributed by atoms with Gasteiger partial charge in [-0.2, -0.15) is 0 Å². The van der Waals surface area contributed by atoms with Gasteiger partial charge in [0.2, 0.25) is 0 Å². The summed E-state index contributed by atoms with van der Waals surface area (Å²) < 4.78 is 13.6. The Kier molecular flexibility index (Phi) is 4.18. The van der Waals surface area contributed by atoms with E-state index in [9.17, 15) is 4.39 Å². The zero-order valence-electron chi connectivity index (χ0n) is 9.84. The lowest BCUT2D eigenvalue weighted by atomic mass is 9.93. The zero-order valence-corrected chi connectivity index (χ0v) is 10.6. The largest absolute Gasteiger partial charge is 0.365 e. The van der Waals surface area contributed by atoms with Gasteiger partial charge in [-0.15, -0.1) is 0 Å². The van der Waals surface area contributed by atoms with Crippen LogP contribution in [0.1, 0.15) is 19.8 Å². The molecule has 94 valence electrons. The maximum Gasteiger partial charge on any atom is 0.166 e. The van der Waals surface area contributed by atoms with Crippen molar-refractivity contribution in [3.05, 3.63) is 23.1 Å². The second-order valence-corrected chi connectivity index (χ2v) is 4.96. The lowest BCUT2D eigenvalue weighted by Crippen LogP contribution is -2.39. The van der Waals surface area contributed by atoms with Crippen molar-refractivity contribution < 1.29 is 4.39 Å². The minimum Gasteiger partial charge on any atom is -0.365 e. The van der Waals surface area contributed by atoms with E-state index in [2.05, 4.69) is 22.5 Å². The van der Waals surface area contributed by atoms with Crippen LogP contribution in [0.5, 0.6) is 0 Å². The Hall–Kier alpha value is -0.870. The molecule has 0 aromatic carbocycles. The quantitative estimate of drug-likeness (QED) is 0.874. The van der Waals surface area contributed by atoms with Gasteiger partial charge in [-0.25, -0.2) is 9.37 Å². The molecular weight excluding hydrogens is 241 g/mol. The van der Waals surface area contributed by atoms with Crippen molar-refractivity contribution >= 4 is 17.4 Å². The van der Waals surface area contributed by atoms with Crippen LogP contribution in [-0.2, 0) is 0 Å². The highest BCUT2D eigenvalue weighted by Crippen LogP contribution is 2.20. The summed E-state index contributed by atoms with van der Waals surface area (Å²) >= 11 is 5.66. The van der Waals surface area contributed by atoms with Crippen LogP contribution in [0.25, 0.3) is 0 Å². The maximum absolute atomic E-state index is 13.6. The molecule has 1 aromatic heterocycles. The van der Waals surface area contributed by atoms with Crippen molar-refractivity contribution in [2.45, 2.75) is 25.8 Å².